The maximum atomic E-state index is 6.13. The summed E-state index contributed by atoms with van der Waals surface area (Å²) < 4.78 is 8.06. The largest absolute Gasteiger partial charge is 0.488 e. The molecule has 1 saturated carbocycles. The normalized spacial score (nSPS) is 17.3. The lowest BCUT2D eigenvalue weighted by Gasteiger charge is -2.27. The number of fused-ring (bicyclic) bond motifs is 2. The molecule has 0 spiro atoms. The molecule has 1 aromatic carbocycles. The lowest BCUT2D eigenvalue weighted by Crippen LogP contribution is -2.34. The minimum Gasteiger partial charge on any atom is -0.488 e. The molecule has 0 radical (unpaired) electrons. The Morgan fingerprint density at radius 1 is 1.07 bits per heavy atom. The minimum absolute atomic E-state index is 0.0194. The fraction of sp³-hybridized carbons (Fsp3) is 0.350. The van der Waals surface area contributed by atoms with Crippen LogP contribution in [0.2, 0.25) is 0 Å². The Labute approximate surface area is 166 Å². The molecule has 1 aliphatic carbocycles. The van der Waals surface area contributed by atoms with E-state index in [1.54, 1.807) is 12.7 Å². The van der Waals surface area contributed by atoms with Gasteiger partial charge >= 0.3 is 0 Å². The Kier molecular flexibility index (Phi) is 3.41. The van der Waals surface area contributed by atoms with E-state index >= 15 is 0 Å². The first kappa shape index (κ1) is 16.5. The van der Waals surface area contributed by atoms with Gasteiger partial charge in [0.05, 0.1) is 24.3 Å². The highest BCUT2D eigenvalue weighted by atomic mass is 16.5. The number of aromatic nitrogens is 7. The summed E-state index contributed by atoms with van der Waals surface area (Å²) in [6.07, 6.45) is 5.39. The summed E-state index contributed by atoms with van der Waals surface area (Å²) in [6, 6.07) is 8.02. The van der Waals surface area contributed by atoms with Crippen molar-refractivity contribution in [2.75, 3.05) is 11.4 Å². The zero-order valence-corrected chi connectivity index (χ0v) is 16.0. The summed E-state index contributed by atoms with van der Waals surface area (Å²) in [7, 11) is 0. The van der Waals surface area contributed by atoms with Crippen LogP contribution in [0.5, 0.6) is 5.75 Å². The fourth-order valence-corrected chi connectivity index (χ4v) is 3.72. The number of rotatable bonds is 4. The van der Waals surface area contributed by atoms with Crippen LogP contribution in [0.4, 0.5) is 5.82 Å². The molecule has 29 heavy (non-hydrogen) atoms. The Morgan fingerprint density at radius 2 is 2.00 bits per heavy atom. The average Bonchev–Trinajstić information content (AvgIpc) is 3.15. The molecule has 0 amide bonds. The van der Waals surface area contributed by atoms with Gasteiger partial charge in [-0.3, -0.25) is 5.10 Å². The van der Waals surface area contributed by atoms with E-state index in [9.17, 15) is 0 Å². The van der Waals surface area contributed by atoms with Crippen molar-refractivity contribution in [1.29, 1.82) is 0 Å². The first-order valence-corrected chi connectivity index (χ1v) is 9.78. The van der Waals surface area contributed by atoms with E-state index in [1.807, 2.05) is 28.9 Å². The second-order valence-corrected chi connectivity index (χ2v) is 7.91. The predicted molar refractivity (Wildman–Crippen MR) is 106 cm³/mol. The third-order valence-electron chi connectivity index (χ3n) is 5.68. The summed E-state index contributed by atoms with van der Waals surface area (Å²) in [5, 5.41) is 12.8. The van der Waals surface area contributed by atoms with Crippen LogP contribution in [-0.2, 0) is 13.1 Å². The van der Waals surface area contributed by atoms with Crippen molar-refractivity contribution in [1.82, 2.24) is 34.9 Å². The van der Waals surface area contributed by atoms with Gasteiger partial charge in [-0.1, -0.05) is 0 Å². The molecule has 1 aliphatic heterocycles. The van der Waals surface area contributed by atoms with Crippen LogP contribution in [0.1, 0.15) is 25.6 Å². The highest BCUT2D eigenvalue weighted by Crippen LogP contribution is 2.40. The van der Waals surface area contributed by atoms with Gasteiger partial charge in [0.2, 0.25) is 0 Å². The summed E-state index contributed by atoms with van der Waals surface area (Å²) in [6.45, 7) is 4.43. The third-order valence-corrected chi connectivity index (χ3v) is 5.68. The molecular weight excluding hydrogens is 368 g/mol. The molecule has 0 unspecified atom stereocenters. The van der Waals surface area contributed by atoms with Crippen LogP contribution in [0.15, 0.2) is 36.9 Å². The van der Waals surface area contributed by atoms with Crippen molar-refractivity contribution in [3.05, 3.63) is 42.7 Å². The Morgan fingerprint density at radius 3 is 2.90 bits per heavy atom. The van der Waals surface area contributed by atoms with Crippen molar-refractivity contribution in [2.24, 2.45) is 0 Å². The Hall–Kier alpha value is -3.49. The second kappa shape index (κ2) is 6.00. The first-order chi connectivity index (χ1) is 14.2. The maximum Gasteiger partial charge on any atom is 0.146 e. The fourth-order valence-electron chi connectivity index (χ4n) is 3.72. The number of H-pyrrole nitrogens is 1. The van der Waals surface area contributed by atoms with Gasteiger partial charge in [0.15, 0.2) is 0 Å². The van der Waals surface area contributed by atoms with Crippen LogP contribution in [-0.4, -0.2) is 47.1 Å². The van der Waals surface area contributed by atoms with E-state index in [-0.39, 0.29) is 5.60 Å². The number of nitrogens with zero attached hydrogens (tertiary/aromatic N) is 7. The highest BCUT2D eigenvalue weighted by molar-refractivity contribution is 5.93. The van der Waals surface area contributed by atoms with Crippen LogP contribution in [0, 0.1) is 0 Å². The number of hydrogen-bond donors (Lipinski definition) is 1. The Balaban J connectivity index is 1.34. The molecule has 1 fully saturated rings. The number of nitrogens with one attached hydrogen (secondary N) is 1. The minimum atomic E-state index is -0.0194. The SMILES string of the molecule is CC1(Oc2ccc3[nH]nc(-c4cc(N5CCn6ncnc6C5)ncn4)c3c2)CC1. The molecule has 0 atom stereocenters. The molecule has 146 valence electrons. The molecule has 9 heteroatoms. The third kappa shape index (κ3) is 2.89. The van der Waals surface area contributed by atoms with Gasteiger partial charge < -0.3 is 9.64 Å². The van der Waals surface area contributed by atoms with E-state index < -0.39 is 0 Å². The zero-order valence-electron chi connectivity index (χ0n) is 16.0. The first-order valence-electron chi connectivity index (χ1n) is 9.78. The van der Waals surface area contributed by atoms with Gasteiger partial charge in [0.25, 0.3) is 0 Å². The van der Waals surface area contributed by atoms with E-state index in [0.717, 1.165) is 65.6 Å². The Bertz CT molecular complexity index is 1210. The van der Waals surface area contributed by atoms with E-state index in [2.05, 4.69) is 42.1 Å². The predicted octanol–water partition coefficient (Wildman–Crippen LogP) is 2.56. The molecule has 6 rings (SSSR count). The topological polar surface area (TPSA) is 97.6 Å². The molecule has 0 bridgehead atoms. The monoisotopic (exact) mass is 388 g/mol. The molecule has 3 aromatic heterocycles. The molecule has 2 aliphatic rings. The number of anilines is 1. The van der Waals surface area contributed by atoms with Crippen LogP contribution in [0.25, 0.3) is 22.3 Å². The van der Waals surface area contributed by atoms with E-state index in [1.165, 1.54) is 0 Å². The van der Waals surface area contributed by atoms with Gasteiger partial charge in [0, 0.05) is 18.0 Å². The molecule has 1 N–H and O–H groups in total. The number of hydrogen-bond acceptors (Lipinski definition) is 7. The highest BCUT2D eigenvalue weighted by Gasteiger charge is 2.40. The van der Waals surface area contributed by atoms with Gasteiger partial charge in [-0.25, -0.2) is 19.6 Å². The molecule has 4 heterocycles. The van der Waals surface area contributed by atoms with Crippen LogP contribution >= 0.6 is 0 Å². The van der Waals surface area contributed by atoms with Crippen LogP contribution in [0.3, 0.4) is 0 Å². The average molecular weight is 388 g/mol. The summed E-state index contributed by atoms with van der Waals surface area (Å²) in [5.41, 5.74) is 2.52. The van der Waals surface area contributed by atoms with Crippen molar-refractivity contribution in [3.63, 3.8) is 0 Å². The van der Waals surface area contributed by atoms with Crippen LogP contribution < -0.4 is 9.64 Å². The summed E-state index contributed by atoms with van der Waals surface area (Å²) in [5.74, 6) is 2.67. The smallest absolute Gasteiger partial charge is 0.146 e. The zero-order chi connectivity index (χ0) is 19.4. The second-order valence-electron chi connectivity index (χ2n) is 7.91. The van der Waals surface area contributed by atoms with Crippen molar-refractivity contribution in [3.8, 4) is 17.1 Å². The van der Waals surface area contributed by atoms with Gasteiger partial charge in [-0.15, -0.1) is 0 Å². The quantitative estimate of drug-likeness (QED) is 0.574. The molecule has 9 nitrogen and oxygen atoms in total. The number of ether oxygens (including phenoxy) is 1. The van der Waals surface area contributed by atoms with Gasteiger partial charge in [-0.05, 0) is 38.0 Å². The van der Waals surface area contributed by atoms with Crippen molar-refractivity contribution >= 4 is 16.7 Å². The maximum absolute atomic E-state index is 6.13. The number of benzene rings is 1. The number of aromatic amines is 1. The van der Waals surface area contributed by atoms with Crippen molar-refractivity contribution < 1.29 is 4.74 Å². The van der Waals surface area contributed by atoms with E-state index in [0.29, 0.717) is 6.54 Å². The van der Waals surface area contributed by atoms with E-state index in [4.69, 9.17) is 4.74 Å². The van der Waals surface area contributed by atoms with Gasteiger partial charge in [-0.2, -0.15) is 10.2 Å². The molecule has 4 aromatic rings. The lowest BCUT2D eigenvalue weighted by molar-refractivity contribution is 0.200. The summed E-state index contributed by atoms with van der Waals surface area (Å²) in [4.78, 5) is 15.5. The standard InChI is InChI=1S/C20H20N8O/c1-20(4-5-20)29-13-2-3-15-14(8-13)19(26-25-15)16-9-17(22-11-21-16)27-6-7-28-18(10-27)23-12-24-28/h2-3,8-9,11-12H,4-7,10H2,1H3,(H,25,26). The van der Waals surface area contributed by atoms with Crippen molar-refractivity contribution in [2.45, 2.75) is 38.5 Å². The molecular formula is C20H20N8O. The van der Waals surface area contributed by atoms with Gasteiger partial charge in [0.1, 0.15) is 41.3 Å². The molecule has 0 saturated heterocycles. The summed E-state index contributed by atoms with van der Waals surface area (Å²) >= 11 is 0. The lowest BCUT2D eigenvalue weighted by atomic mass is 10.1.